The Morgan fingerprint density at radius 1 is 1.32 bits per heavy atom. The van der Waals surface area contributed by atoms with Crippen LogP contribution in [0.2, 0.25) is 0 Å². The number of non-ortho nitro benzene ring substituents is 1. The molecule has 0 atom stereocenters. The van der Waals surface area contributed by atoms with Crippen molar-refractivity contribution in [3.63, 3.8) is 0 Å². The number of hydrogen-bond donors (Lipinski definition) is 2. The Bertz CT molecular complexity index is 977. The number of nitrogens with zero attached hydrogens (tertiary/aromatic N) is 2. The molecule has 1 amide bonds. The highest BCUT2D eigenvalue weighted by molar-refractivity contribution is 8.03. The number of carbonyl (C=O) groups is 1. The number of nitrogens with two attached hydrogens (primary N) is 1. The normalized spacial score (nSPS) is 14.2. The molecule has 1 aliphatic rings. The van der Waals surface area contributed by atoms with Gasteiger partial charge in [0, 0.05) is 17.7 Å². The highest BCUT2D eigenvalue weighted by Gasteiger charge is 2.28. The maximum atomic E-state index is 11.3. The Kier molecular flexibility index (Phi) is 4.04. The largest absolute Gasteiger partial charge is 0.508 e. The number of primary amides is 1. The Labute approximate surface area is 145 Å². The van der Waals surface area contributed by atoms with Gasteiger partial charge in [-0.3, -0.25) is 14.9 Å². The van der Waals surface area contributed by atoms with Crippen LogP contribution in [0, 0.1) is 21.4 Å². The summed E-state index contributed by atoms with van der Waals surface area (Å²) in [5, 5.41) is 29.8. The van der Waals surface area contributed by atoms with E-state index in [1.807, 2.05) is 0 Å². The number of fused-ring (bicyclic) bond motifs is 1. The quantitative estimate of drug-likeness (QED) is 0.373. The van der Waals surface area contributed by atoms with Crippen LogP contribution in [-0.2, 0) is 4.79 Å². The molecule has 2 aromatic rings. The minimum Gasteiger partial charge on any atom is -0.508 e. The Balaban J connectivity index is 2.10. The topological polar surface area (TPSA) is 139 Å². The lowest BCUT2D eigenvalue weighted by atomic mass is 10.0. The van der Waals surface area contributed by atoms with Gasteiger partial charge in [0.2, 0.25) is 0 Å². The monoisotopic (exact) mass is 355 g/mol. The second-order valence-electron chi connectivity index (χ2n) is 4.97. The van der Waals surface area contributed by atoms with Gasteiger partial charge in [-0.15, -0.1) is 0 Å². The zero-order chi connectivity index (χ0) is 18.1. The molecule has 9 heteroatoms. The molecule has 3 rings (SSSR count). The first-order valence-electron chi connectivity index (χ1n) is 6.82. The highest BCUT2D eigenvalue weighted by Crippen LogP contribution is 2.51. The van der Waals surface area contributed by atoms with Gasteiger partial charge in [-0.1, -0.05) is 0 Å². The van der Waals surface area contributed by atoms with Crippen LogP contribution in [0.5, 0.6) is 11.5 Å². The summed E-state index contributed by atoms with van der Waals surface area (Å²) in [6.45, 7) is 0. The second kappa shape index (κ2) is 6.18. The van der Waals surface area contributed by atoms with Crippen molar-refractivity contribution in [2.24, 2.45) is 5.73 Å². The molecule has 0 unspecified atom stereocenters. The lowest BCUT2D eigenvalue weighted by molar-refractivity contribution is -0.384. The SMILES string of the molecule is N#CC(C(N)=O)=C1Oc2c(cc(O)cc2-c2ccc([N+](=O)[O-])cc2)S1. The molecule has 1 heterocycles. The highest BCUT2D eigenvalue weighted by atomic mass is 32.2. The van der Waals surface area contributed by atoms with Crippen LogP contribution < -0.4 is 10.5 Å². The van der Waals surface area contributed by atoms with E-state index in [4.69, 9.17) is 15.7 Å². The first-order chi connectivity index (χ1) is 11.9. The molecule has 2 aromatic carbocycles. The van der Waals surface area contributed by atoms with Crippen molar-refractivity contribution in [2.75, 3.05) is 0 Å². The number of nitriles is 1. The number of benzene rings is 2. The van der Waals surface area contributed by atoms with E-state index in [0.717, 1.165) is 11.8 Å². The number of nitro groups is 1. The third kappa shape index (κ3) is 2.98. The Hall–Kier alpha value is -3.51. The Morgan fingerprint density at radius 2 is 2.00 bits per heavy atom. The molecule has 3 N–H and O–H groups in total. The molecule has 0 fully saturated rings. The molecule has 1 aliphatic heterocycles. The average Bonchev–Trinajstić information content (AvgIpc) is 2.97. The number of aromatic hydroxyl groups is 1. The van der Waals surface area contributed by atoms with Gasteiger partial charge in [-0.25, -0.2) is 0 Å². The lowest BCUT2D eigenvalue weighted by Crippen LogP contribution is -2.15. The Morgan fingerprint density at radius 3 is 2.56 bits per heavy atom. The first kappa shape index (κ1) is 16.4. The van der Waals surface area contributed by atoms with E-state index in [1.165, 1.54) is 36.4 Å². The summed E-state index contributed by atoms with van der Waals surface area (Å²) in [5.41, 5.74) is 5.80. The summed E-state index contributed by atoms with van der Waals surface area (Å²) in [5.74, 6) is -0.637. The first-order valence-corrected chi connectivity index (χ1v) is 7.64. The number of carbonyl (C=O) groups excluding carboxylic acids is 1. The van der Waals surface area contributed by atoms with E-state index in [0.29, 0.717) is 21.8 Å². The van der Waals surface area contributed by atoms with Crippen LogP contribution >= 0.6 is 11.8 Å². The third-order valence-electron chi connectivity index (χ3n) is 3.39. The zero-order valence-electron chi connectivity index (χ0n) is 12.4. The number of hydrogen-bond acceptors (Lipinski definition) is 7. The van der Waals surface area contributed by atoms with Gasteiger partial charge in [-0.2, -0.15) is 5.26 Å². The summed E-state index contributed by atoms with van der Waals surface area (Å²) in [6.07, 6.45) is 0. The number of rotatable bonds is 3. The van der Waals surface area contributed by atoms with Gasteiger partial charge < -0.3 is 15.6 Å². The van der Waals surface area contributed by atoms with Crippen molar-refractivity contribution < 1.29 is 19.6 Å². The fraction of sp³-hybridized carbons (Fsp3) is 0. The predicted octanol–water partition coefficient (Wildman–Crippen LogP) is 2.67. The van der Waals surface area contributed by atoms with Gasteiger partial charge >= 0.3 is 0 Å². The zero-order valence-corrected chi connectivity index (χ0v) is 13.2. The minimum atomic E-state index is -0.918. The summed E-state index contributed by atoms with van der Waals surface area (Å²) in [6, 6.07) is 10.2. The van der Waals surface area contributed by atoms with Gasteiger partial charge in [0.05, 0.1) is 9.82 Å². The fourth-order valence-corrected chi connectivity index (χ4v) is 3.26. The molecule has 0 spiro atoms. The molecule has 0 saturated heterocycles. The molecule has 0 aromatic heterocycles. The van der Waals surface area contributed by atoms with Gasteiger partial charge in [0.1, 0.15) is 17.6 Å². The number of amides is 1. The van der Waals surface area contributed by atoms with Gasteiger partial charge in [0.15, 0.2) is 10.7 Å². The summed E-state index contributed by atoms with van der Waals surface area (Å²) < 4.78 is 5.61. The molecule has 124 valence electrons. The molecule has 0 aliphatic carbocycles. The number of ether oxygens (including phenoxy) is 1. The molecule has 25 heavy (non-hydrogen) atoms. The van der Waals surface area contributed by atoms with Crippen LogP contribution in [-0.4, -0.2) is 15.9 Å². The predicted molar refractivity (Wildman–Crippen MR) is 88.5 cm³/mol. The van der Waals surface area contributed by atoms with Crippen molar-refractivity contribution >= 4 is 23.4 Å². The number of phenolic OH excluding ortho intramolecular Hbond substituents is 1. The molecule has 8 nitrogen and oxygen atoms in total. The van der Waals surface area contributed by atoms with Crippen molar-refractivity contribution in [3.8, 4) is 28.7 Å². The lowest BCUT2D eigenvalue weighted by Gasteiger charge is -2.08. The molecular formula is C16H9N3O5S. The summed E-state index contributed by atoms with van der Waals surface area (Å²) in [7, 11) is 0. The van der Waals surface area contributed by atoms with Crippen molar-refractivity contribution in [3.05, 3.63) is 57.2 Å². The van der Waals surface area contributed by atoms with E-state index in [2.05, 4.69) is 0 Å². The maximum absolute atomic E-state index is 11.3. The fourth-order valence-electron chi connectivity index (χ4n) is 2.26. The van der Waals surface area contributed by atoms with Crippen LogP contribution in [0.1, 0.15) is 0 Å². The minimum absolute atomic E-state index is 0.0266. The number of nitro benzene ring substituents is 1. The van der Waals surface area contributed by atoms with Gasteiger partial charge in [-0.05, 0) is 41.6 Å². The third-order valence-corrected chi connectivity index (χ3v) is 4.38. The van der Waals surface area contributed by atoms with E-state index >= 15 is 0 Å². The summed E-state index contributed by atoms with van der Waals surface area (Å²) >= 11 is 0.994. The van der Waals surface area contributed by atoms with Crippen LogP contribution in [0.15, 0.2) is 52.0 Å². The van der Waals surface area contributed by atoms with E-state index < -0.39 is 10.8 Å². The number of phenols is 1. The standard InChI is InChI=1S/C16H9N3O5S/c17-7-12(15(18)21)16-24-14-11(5-10(20)6-13(14)25-16)8-1-3-9(4-2-8)19(22)23/h1-6,20H,(H2,18,21). The van der Waals surface area contributed by atoms with Crippen molar-refractivity contribution in [2.45, 2.75) is 4.90 Å². The van der Waals surface area contributed by atoms with Crippen LogP contribution in [0.3, 0.4) is 0 Å². The van der Waals surface area contributed by atoms with E-state index in [9.17, 15) is 20.0 Å². The summed E-state index contributed by atoms with van der Waals surface area (Å²) in [4.78, 5) is 22.1. The van der Waals surface area contributed by atoms with Gasteiger partial charge in [0.25, 0.3) is 11.6 Å². The van der Waals surface area contributed by atoms with E-state index in [-0.39, 0.29) is 22.1 Å². The van der Waals surface area contributed by atoms with Crippen molar-refractivity contribution in [1.29, 1.82) is 5.26 Å². The number of thioether (sulfide) groups is 1. The molecule has 0 radical (unpaired) electrons. The van der Waals surface area contributed by atoms with Crippen LogP contribution in [0.25, 0.3) is 11.1 Å². The van der Waals surface area contributed by atoms with Crippen LogP contribution in [0.4, 0.5) is 5.69 Å². The van der Waals surface area contributed by atoms with Crippen molar-refractivity contribution in [1.82, 2.24) is 0 Å². The maximum Gasteiger partial charge on any atom is 0.269 e. The second-order valence-corrected chi connectivity index (χ2v) is 5.98. The smallest absolute Gasteiger partial charge is 0.269 e. The molecular weight excluding hydrogens is 346 g/mol. The molecule has 0 bridgehead atoms. The molecule has 0 saturated carbocycles. The average molecular weight is 355 g/mol. The van der Waals surface area contributed by atoms with E-state index in [1.54, 1.807) is 6.07 Å².